The summed E-state index contributed by atoms with van der Waals surface area (Å²) in [7, 11) is 0. The third-order valence-electron chi connectivity index (χ3n) is 4.64. The lowest BCUT2D eigenvalue weighted by Crippen LogP contribution is -2.46. The molecule has 0 heterocycles. The van der Waals surface area contributed by atoms with Crippen LogP contribution in [0.5, 0.6) is 0 Å². The summed E-state index contributed by atoms with van der Waals surface area (Å²) >= 11 is 0. The van der Waals surface area contributed by atoms with Crippen LogP contribution in [0.1, 0.15) is 64.7 Å². The minimum Gasteiger partial charge on any atom is -0.394 e. The van der Waals surface area contributed by atoms with Crippen LogP contribution in [0.2, 0.25) is 0 Å². The summed E-state index contributed by atoms with van der Waals surface area (Å²) in [5.74, 6) is 0.959. The second-order valence-corrected chi connectivity index (χ2v) is 6.79. The molecule has 0 spiro atoms. The fourth-order valence-electron chi connectivity index (χ4n) is 2.77. The van der Waals surface area contributed by atoms with Crippen LogP contribution in [0.4, 0.5) is 0 Å². The molecule has 0 aromatic rings. The Bertz CT molecular complexity index is 251. The molecule has 2 aliphatic carbocycles. The van der Waals surface area contributed by atoms with Gasteiger partial charge >= 0.3 is 0 Å². The average Bonchev–Trinajstić information content (AvgIpc) is 3.14. The molecule has 2 fully saturated rings. The van der Waals surface area contributed by atoms with Crippen LogP contribution in [0, 0.1) is 5.92 Å². The lowest BCUT2D eigenvalue weighted by atomic mass is 9.83. The van der Waals surface area contributed by atoms with E-state index >= 15 is 0 Å². The molecule has 0 amide bonds. The van der Waals surface area contributed by atoms with Crippen LogP contribution in [0.25, 0.3) is 0 Å². The maximum absolute atomic E-state index is 9.50. The largest absolute Gasteiger partial charge is 0.394 e. The first-order valence-corrected chi connectivity index (χ1v) is 8.18. The van der Waals surface area contributed by atoms with Crippen molar-refractivity contribution in [1.29, 1.82) is 0 Å². The summed E-state index contributed by atoms with van der Waals surface area (Å²) in [5, 5.41) is 13.1. The van der Waals surface area contributed by atoms with Gasteiger partial charge in [-0.3, -0.25) is 0 Å². The van der Waals surface area contributed by atoms with Gasteiger partial charge in [0.05, 0.1) is 6.61 Å². The monoisotopic (exact) mass is 269 g/mol. The van der Waals surface area contributed by atoms with Crippen molar-refractivity contribution in [3.63, 3.8) is 0 Å². The van der Waals surface area contributed by atoms with Gasteiger partial charge in [-0.2, -0.15) is 0 Å². The summed E-state index contributed by atoms with van der Waals surface area (Å²) < 4.78 is 5.70. The summed E-state index contributed by atoms with van der Waals surface area (Å²) in [6, 6.07) is 0.663. The van der Waals surface area contributed by atoms with Crippen LogP contribution in [0.15, 0.2) is 0 Å². The third-order valence-corrected chi connectivity index (χ3v) is 4.64. The molecule has 1 atom stereocenters. The van der Waals surface area contributed by atoms with E-state index in [0.29, 0.717) is 6.04 Å². The highest BCUT2D eigenvalue weighted by atomic mass is 16.5. The van der Waals surface area contributed by atoms with E-state index in [2.05, 4.69) is 12.2 Å². The van der Waals surface area contributed by atoms with Crippen molar-refractivity contribution in [2.24, 2.45) is 5.92 Å². The first-order chi connectivity index (χ1) is 9.22. The quantitative estimate of drug-likeness (QED) is 0.567. The molecule has 0 saturated heterocycles. The van der Waals surface area contributed by atoms with Gasteiger partial charge in [0.2, 0.25) is 0 Å². The number of unbranched alkanes of at least 4 members (excludes halogenated alkanes) is 1. The molecule has 0 radical (unpaired) electrons. The zero-order chi connectivity index (χ0) is 13.6. The Morgan fingerprint density at radius 1 is 1.16 bits per heavy atom. The SMILES string of the molecule is CC(CO)(CCCCOCCC1CCC1)NC1CC1. The number of aliphatic hydroxyl groups is 1. The van der Waals surface area contributed by atoms with Gasteiger partial charge in [0.1, 0.15) is 0 Å². The van der Waals surface area contributed by atoms with E-state index in [0.717, 1.165) is 38.4 Å². The van der Waals surface area contributed by atoms with Crippen molar-refractivity contribution >= 4 is 0 Å². The molecule has 0 aliphatic heterocycles. The van der Waals surface area contributed by atoms with Crippen LogP contribution in [-0.4, -0.2) is 36.5 Å². The molecule has 0 aromatic heterocycles. The molecule has 3 heteroatoms. The standard InChI is InChI=1S/C16H31NO2/c1-16(13-18,17-15-7-8-15)10-2-3-11-19-12-9-14-5-4-6-14/h14-15,17-18H,2-13H2,1H3. The van der Waals surface area contributed by atoms with Gasteiger partial charge in [0.15, 0.2) is 0 Å². The second-order valence-electron chi connectivity index (χ2n) is 6.79. The fraction of sp³-hybridized carbons (Fsp3) is 1.00. The molecule has 2 aliphatic rings. The predicted molar refractivity (Wildman–Crippen MR) is 78.3 cm³/mol. The lowest BCUT2D eigenvalue weighted by Gasteiger charge is -2.29. The third kappa shape index (κ3) is 5.80. The van der Waals surface area contributed by atoms with E-state index in [1.165, 1.54) is 38.5 Å². The van der Waals surface area contributed by atoms with E-state index in [1.54, 1.807) is 0 Å². The van der Waals surface area contributed by atoms with Crippen molar-refractivity contribution in [3.05, 3.63) is 0 Å². The second kappa shape index (κ2) is 7.61. The molecular formula is C16H31NO2. The van der Waals surface area contributed by atoms with Crippen molar-refractivity contribution in [2.75, 3.05) is 19.8 Å². The lowest BCUT2D eigenvalue weighted by molar-refractivity contribution is 0.0991. The van der Waals surface area contributed by atoms with Crippen molar-refractivity contribution < 1.29 is 9.84 Å². The summed E-state index contributed by atoms with van der Waals surface area (Å²) in [6.07, 6.45) is 11.4. The molecule has 2 N–H and O–H groups in total. The molecule has 0 bridgehead atoms. The number of ether oxygens (including phenoxy) is 1. The highest BCUT2D eigenvalue weighted by Gasteiger charge is 2.31. The molecule has 3 nitrogen and oxygen atoms in total. The van der Waals surface area contributed by atoms with E-state index < -0.39 is 0 Å². The highest BCUT2D eigenvalue weighted by molar-refractivity contribution is 4.92. The smallest absolute Gasteiger partial charge is 0.0610 e. The number of nitrogens with one attached hydrogen (secondary N) is 1. The van der Waals surface area contributed by atoms with Gasteiger partial charge in [-0.05, 0) is 51.4 Å². The molecule has 19 heavy (non-hydrogen) atoms. The number of hydrogen-bond acceptors (Lipinski definition) is 3. The maximum Gasteiger partial charge on any atom is 0.0610 e. The Morgan fingerprint density at radius 3 is 2.53 bits per heavy atom. The van der Waals surface area contributed by atoms with Gasteiger partial charge in [-0.1, -0.05) is 19.3 Å². The van der Waals surface area contributed by atoms with Crippen molar-refractivity contribution in [3.8, 4) is 0 Å². The van der Waals surface area contributed by atoms with E-state index in [-0.39, 0.29) is 12.1 Å². The van der Waals surface area contributed by atoms with Crippen molar-refractivity contribution in [2.45, 2.75) is 76.3 Å². The van der Waals surface area contributed by atoms with Gasteiger partial charge in [0, 0.05) is 24.8 Å². The molecule has 0 aromatic carbocycles. The molecule has 2 rings (SSSR count). The number of hydrogen-bond donors (Lipinski definition) is 2. The number of aliphatic hydroxyl groups excluding tert-OH is 1. The minimum absolute atomic E-state index is 0.0763. The van der Waals surface area contributed by atoms with Crippen LogP contribution in [0.3, 0.4) is 0 Å². The van der Waals surface area contributed by atoms with Crippen molar-refractivity contribution in [1.82, 2.24) is 5.32 Å². The van der Waals surface area contributed by atoms with Gasteiger partial charge in [0.25, 0.3) is 0 Å². The Morgan fingerprint density at radius 2 is 1.95 bits per heavy atom. The molecule has 2 saturated carbocycles. The Balaban J connectivity index is 1.43. The van der Waals surface area contributed by atoms with Gasteiger partial charge in [-0.15, -0.1) is 0 Å². The maximum atomic E-state index is 9.50. The average molecular weight is 269 g/mol. The normalized spacial score (nSPS) is 23.1. The summed E-state index contributed by atoms with van der Waals surface area (Å²) in [4.78, 5) is 0. The highest BCUT2D eigenvalue weighted by Crippen LogP contribution is 2.29. The van der Waals surface area contributed by atoms with Crippen LogP contribution < -0.4 is 5.32 Å². The molecule has 112 valence electrons. The zero-order valence-corrected chi connectivity index (χ0v) is 12.5. The topological polar surface area (TPSA) is 41.5 Å². The van der Waals surface area contributed by atoms with E-state index in [9.17, 15) is 5.11 Å². The Kier molecular flexibility index (Phi) is 6.11. The molecule has 1 unspecified atom stereocenters. The zero-order valence-electron chi connectivity index (χ0n) is 12.5. The Labute approximate surface area is 118 Å². The summed E-state index contributed by atoms with van der Waals surface area (Å²) in [6.45, 7) is 4.22. The summed E-state index contributed by atoms with van der Waals surface area (Å²) in [5.41, 5.74) is -0.0763. The van der Waals surface area contributed by atoms with Crippen LogP contribution >= 0.6 is 0 Å². The van der Waals surface area contributed by atoms with E-state index in [1.807, 2.05) is 0 Å². The van der Waals surface area contributed by atoms with Crippen LogP contribution in [-0.2, 0) is 4.74 Å². The van der Waals surface area contributed by atoms with Gasteiger partial charge in [-0.25, -0.2) is 0 Å². The minimum atomic E-state index is -0.0763. The molecular weight excluding hydrogens is 238 g/mol. The van der Waals surface area contributed by atoms with Gasteiger partial charge < -0.3 is 15.2 Å². The fourth-order valence-corrected chi connectivity index (χ4v) is 2.77. The Hall–Kier alpha value is -0.120. The van der Waals surface area contributed by atoms with E-state index in [4.69, 9.17) is 4.74 Å². The first-order valence-electron chi connectivity index (χ1n) is 8.18. The first kappa shape index (κ1) is 15.3. The number of rotatable bonds is 11. The predicted octanol–water partition coefficient (Wildman–Crippen LogP) is 2.87.